The average Bonchev–Trinajstić information content (AvgIpc) is 3.14. The Hall–Kier alpha value is -2.01. The van der Waals surface area contributed by atoms with Gasteiger partial charge in [0.1, 0.15) is 6.61 Å². The largest absolute Gasteiger partial charge is 0.447 e. The SMILES string of the molecule is [2H]C([2H])([2H])N(C([2H])([2H])[2H])C([2H])([2H])C([2H])([2H])c1c[nH]c2ccc(C[C@@]3([2H])COC(=O)N3)cc12. The van der Waals surface area contributed by atoms with E-state index in [2.05, 4.69) is 10.3 Å². The van der Waals surface area contributed by atoms with Gasteiger partial charge in [0, 0.05) is 37.3 Å². The molecule has 1 saturated heterocycles. The van der Waals surface area contributed by atoms with E-state index in [0.717, 1.165) is 6.20 Å². The zero-order chi connectivity index (χ0) is 24.3. The van der Waals surface area contributed by atoms with Gasteiger partial charge in [0.05, 0.1) is 7.39 Å². The number of H-pyrrole nitrogens is 1. The van der Waals surface area contributed by atoms with Gasteiger partial charge in [-0.05, 0) is 50.0 Å². The van der Waals surface area contributed by atoms with Crippen LogP contribution in [0.4, 0.5) is 4.79 Å². The Morgan fingerprint density at radius 2 is 2.48 bits per heavy atom. The van der Waals surface area contributed by atoms with Gasteiger partial charge in [-0.1, -0.05) is 6.07 Å². The molecule has 2 heterocycles. The van der Waals surface area contributed by atoms with E-state index in [4.69, 9.17) is 19.8 Å². The molecule has 2 N–H and O–H groups in total. The quantitative estimate of drug-likeness (QED) is 0.887. The second kappa shape index (κ2) is 5.77. The van der Waals surface area contributed by atoms with Crippen molar-refractivity contribution in [3.63, 3.8) is 0 Å². The number of aromatic nitrogens is 1. The molecule has 1 amide bonds. The molecule has 21 heavy (non-hydrogen) atoms. The molecule has 0 bridgehead atoms. The van der Waals surface area contributed by atoms with E-state index < -0.39 is 43.8 Å². The summed E-state index contributed by atoms with van der Waals surface area (Å²) < 4.78 is 91.2. The summed E-state index contributed by atoms with van der Waals surface area (Å²) in [7, 11) is 0. The van der Waals surface area contributed by atoms with Gasteiger partial charge in [-0.15, -0.1) is 0 Å². The smallest absolute Gasteiger partial charge is 0.407 e. The minimum absolute atomic E-state index is 0.00581. The number of hydrogen-bond acceptors (Lipinski definition) is 3. The number of fused-ring (bicyclic) bond motifs is 1. The highest BCUT2D eigenvalue weighted by atomic mass is 16.6. The van der Waals surface area contributed by atoms with Crippen molar-refractivity contribution in [2.45, 2.75) is 18.8 Å². The van der Waals surface area contributed by atoms with Crippen molar-refractivity contribution in [2.75, 3.05) is 27.1 Å². The molecular weight excluding hydrogens is 266 g/mol. The maximum atomic E-state index is 11.3. The van der Waals surface area contributed by atoms with Crippen LogP contribution in [0.1, 0.15) is 26.2 Å². The molecule has 5 heteroatoms. The van der Waals surface area contributed by atoms with Gasteiger partial charge in [-0.3, -0.25) is 0 Å². The van der Waals surface area contributed by atoms with Crippen LogP contribution < -0.4 is 5.32 Å². The van der Waals surface area contributed by atoms with Crippen LogP contribution in [-0.2, 0) is 17.5 Å². The Morgan fingerprint density at radius 1 is 1.57 bits per heavy atom. The third-order valence-corrected chi connectivity index (χ3v) is 3.12. The molecule has 1 aromatic carbocycles. The Morgan fingerprint density at radius 3 is 3.24 bits per heavy atom. The number of carbonyl (C=O) groups excluding carboxylic acids is 1. The fourth-order valence-corrected chi connectivity index (χ4v) is 2.21. The van der Waals surface area contributed by atoms with Crippen LogP contribution in [0.5, 0.6) is 0 Å². The van der Waals surface area contributed by atoms with Gasteiger partial charge in [0.15, 0.2) is 0 Å². The Balaban J connectivity index is 2.06. The zero-order valence-corrected chi connectivity index (χ0v) is 11.0. The van der Waals surface area contributed by atoms with E-state index in [1.807, 2.05) is 0 Å². The fraction of sp³-hybridized carbons (Fsp3) is 0.438. The summed E-state index contributed by atoms with van der Waals surface area (Å²) in [5.74, 6) is 0. The first-order chi connectivity index (χ1) is 14.4. The number of rotatable bonds is 5. The van der Waals surface area contributed by atoms with Crippen molar-refractivity contribution < 1.29 is 24.6 Å². The molecule has 1 atom stereocenters. The van der Waals surface area contributed by atoms with Crippen LogP contribution in [0.25, 0.3) is 10.9 Å². The van der Waals surface area contributed by atoms with Crippen LogP contribution in [-0.4, -0.2) is 49.1 Å². The van der Waals surface area contributed by atoms with Crippen molar-refractivity contribution >= 4 is 17.0 Å². The highest BCUT2D eigenvalue weighted by Gasteiger charge is 2.22. The molecule has 112 valence electrons. The predicted octanol–water partition coefficient (Wildman–Crippen LogP) is 1.92. The van der Waals surface area contributed by atoms with Crippen LogP contribution in [0, 0.1) is 0 Å². The van der Waals surface area contributed by atoms with E-state index in [-0.39, 0.29) is 24.0 Å². The third-order valence-electron chi connectivity index (χ3n) is 3.12. The van der Waals surface area contributed by atoms with Crippen molar-refractivity contribution in [2.24, 2.45) is 0 Å². The summed E-state index contributed by atoms with van der Waals surface area (Å²) in [5, 5.41) is 2.55. The minimum Gasteiger partial charge on any atom is -0.447 e. The monoisotopic (exact) mass is 298 g/mol. The average molecular weight is 298 g/mol. The lowest BCUT2D eigenvalue weighted by Crippen LogP contribution is -2.28. The van der Waals surface area contributed by atoms with Crippen LogP contribution in [0.3, 0.4) is 0 Å². The highest BCUT2D eigenvalue weighted by molar-refractivity contribution is 5.84. The second-order valence-electron chi connectivity index (χ2n) is 4.64. The number of carbonyl (C=O) groups is 1. The van der Waals surface area contributed by atoms with Gasteiger partial charge < -0.3 is 19.9 Å². The van der Waals surface area contributed by atoms with Gasteiger partial charge in [-0.2, -0.15) is 0 Å². The number of cyclic esters (lactones) is 1. The first kappa shape index (κ1) is 6.01. The lowest BCUT2D eigenvalue weighted by molar-refractivity contribution is 0.177. The van der Waals surface area contributed by atoms with E-state index in [1.165, 1.54) is 6.07 Å². The summed E-state index contributed by atoms with van der Waals surface area (Å²) in [6.45, 7) is -10.5. The van der Waals surface area contributed by atoms with Crippen molar-refractivity contribution in [3.8, 4) is 0 Å². The van der Waals surface area contributed by atoms with E-state index in [0.29, 0.717) is 11.1 Å². The molecule has 0 spiro atoms. The lowest BCUT2D eigenvalue weighted by atomic mass is 10.0. The van der Waals surface area contributed by atoms with E-state index >= 15 is 0 Å². The molecule has 2 aromatic rings. The number of nitrogens with zero attached hydrogens (tertiary/aromatic N) is 1. The minimum atomic E-state index is -3.46. The number of aryl methyl sites for hydroxylation is 1. The maximum Gasteiger partial charge on any atom is 0.407 e. The first-order valence-electron chi connectivity index (χ1n) is 11.7. The molecule has 0 unspecified atom stereocenters. The normalized spacial score (nSPS) is 32.0. The molecule has 1 fully saturated rings. The number of aromatic amines is 1. The molecular formula is C16H21N3O2. The summed E-state index contributed by atoms with van der Waals surface area (Å²) in [4.78, 5) is 13.7. The van der Waals surface area contributed by atoms with Crippen molar-refractivity contribution in [1.82, 2.24) is 15.2 Å². The summed E-state index contributed by atoms with van der Waals surface area (Å²) in [6, 6.07) is 3.23. The molecule has 1 aliphatic heterocycles. The Bertz CT molecular complexity index is 1020. The Labute approximate surface area is 139 Å². The lowest BCUT2D eigenvalue weighted by Gasteiger charge is -2.09. The standard InChI is InChI=1S/C16H21N3O2/c1-19(2)6-5-12-9-17-15-4-3-11(8-14(12)15)7-13-10-21-16(20)18-13/h3-4,8-9,13,17H,5-7,10H2,1-2H3,(H,18,20)/t13-/m0/s1/i1D3,2D3,5D2,6D2,13D. The van der Waals surface area contributed by atoms with Gasteiger partial charge in [-0.25, -0.2) is 4.79 Å². The van der Waals surface area contributed by atoms with Crippen LogP contribution >= 0.6 is 0 Å². The molecule has 0 saturated carbocycles. The highest BCUT2D eigenvalue weighted by Crippen LogP contribution is 2.21. The fourth-order valence-electron chi connectivity index (χ4n) is 2.21. The second-order valence-corrected chi connectivity index (χ2v) is 4.64. The van der Waals surface area contributed by atoms with Crippen LogP contribution in [0.15, 0.2) is 24.4 Å². The number of nitrogens with one attached hydrogen (secondary N) is 2. The van der Waals surface area contributed by atoms with Crippen LogP contribution in [0.2, 0.25) is 0 Å². The summed E-state index contributed by atoms with van der Waals surface area (Å²) in [5.41, 5.74) is 0.603. The van der Waals surface area contributed by atoms with Crippen molar-refractivity contribution in [1.29, 1.82) is 0 Å². The van der Waals surface area contributed by atoms with E-state index in [1.54, 1.807) is 12.1 Å². The van der Waals surface area contributed by atoms with E-state index in [9.17, 15) is 4.79 Å². The number of alkyl carbamates (subject to hydrolysis) is 1. The molecule has 0 aliphatic carbocycles. The number of hydrogen-bond donors (Lipinski definition) is 2. The Kier molecular flexibility index (Phi) is 1.65. The number of likely N-dealkylation sites (N-methyl/N-ethyl adjacent to an activating group) is 1. The maximum absolute atomic E-state index is 11.3. The molecule has 3 rings (SSSR count). The van der Waals surface area contributed by atoms with Gasteiger partial charge in [0.25, 0.3) is 0 Å². The molecule has 1 aliphatic rings. The van der Waals surface area contributed by atoms with Gasteiger partial charge >= 0.3 is 6.09 Å². The number of benzene rings is 1. The number of amides is 1. The number of ether oxygens (including phenoxy) is 1. The predicted molar refractivity (Wildman–Crippen MR) is 82.5 cm³/mol. The summed E-state index contributed by atoms with van der Waals surface area (Å²) in [6.07, 6.45) is -2.65. The zero-order valence-electron chi connectivity index (χ0n) is 22.0. The third kappa shape index (κ3) is 3.19. The molecule has 1 aromatic heterocycles. The molecule has 0 radical (unpaired) electrons. The van der Waals surface area contributed by atoms with Gasteiger partial charge in [0.2, 0.25) is 0 Å². The van der Waals surface area contributed by atoms with Crippen molar-refractivity contribution in [3.05, 3.63) is 35.5 Å². The topological polar surface area (TPSA) is 57.4 Å². The first-order valence-corrected chi connectivity index (χ1v) is 6.24. The summed E-state index contributed by atoms with van der Waals surface area (Å²) >= 11 is 0. The molecule has 5 nitrogen and oxygen atoms in total.